The highest BCUT2D eigenvalue weighted by atomic mass is 16.5. The molecule has 0 radical (unpaired) electrons. The zero-order chi connectivity index (χ0) is 21.5. The molecule has 5 rings (SSSR count). The quantitative estimate of drug-likeness (QED) is 0.744. The molecule has 0 saturated carbocycles. The number of nitrogens with zero attached hydrogens (tertiary/aromatic N) is 3. The Labute approximate surface area is 185 Å². The van der Waals surface area contributed by atoms with Gasteiger partial charge in [0, 0.05) is 49.6 Å². The largest absolute Gasteiger partial charge is 0.487 e. The van der Waals surface area contributed by atoms with Crippen LogP contribution in [0.15, 0.2) is 42.7 Å². The van der Waals surface area contributed by atoms with Gasteiger partial charge in [0.2, 0.25) is 0 Å². The Bertz CT molecular complexity index is 938. The van der Waals surface area contributed by atoms with Crippen molar-refractivity contribution in [2.24, 2.45) is 5.41 Å². The minimum atomic E-state index is -0.0912. The molecule has 0 bridgehead atoms. The maximum atomic E-state index is 12.7. The minimum absolute atomic E-state index is 0.0912. The average molecular weight is 420 g/mol. The van der Waals surface area contributed by atoms with E-state index in [9.17, 15) is 4.79 Å². The number of aromatic nitrogens is 1. The fourth-order valence-corrected chi connectivity index (χ4v) is 5.60. The van der Waals surface area contributed by atoms with Gasteiger partial charge < -0.3 is 9.64 Å². The second-order valence-electron chi connectivity index (χ2n) is 10.2. The van der Waals surface area contributed by atoms with Crippen LogP contribution in [0.2, 0.25) is 0 Å². The van der Waals surface area contributed by atoms with E-state index in [0.717, 1.165) is 63.3 Å². The summed E-state index contributed by atoms with van der Waals surface area (Å²) in [6, 6.07) is 10.2. The van der Waals surface area contributed by atoms with Gasteiger partial charge in [-0.2, -0.15) is 0 Å². The molecular formula is C26H33N3O2. The number of pyridine rings is 1. The lowest BCUT2D eigenvalue weighted by atomic mass is 9.71. The smallest absolute Gasteiger partial charge is 0.253 e. The molecule has 1 aromatic heterocycles. The van der Waals surface area contributed by atoms with Crippen LogP contribution in [0.1, 0.15) is 61.0 Å². The summed E-state index contributed by atoms with van der Waals surface area (Å²) in [6.45, 7) is 9.41. The molecule has 5 nitrogen and oxygen atoms in total. The summed E-state index contributed by atoms with van der Waals surface area (Å²) in [5.74, 6) is 1.22. The van der Waals surface area contributed by atoms with Crippen molar-refractivity contribution in [1.82, 2.24) is 14.8 Å². The number of carbonyl (C=O) groups is 1. The highest BCUT2D eigenvalue weighted by Crippen LogP contribution is 2.42. The van der Waals surface area contributed by atoms with Crippen LogP contribution in [0.5, 0.6) is 5.75 Å². The van der Waals surface area contributed by atoms with Gasteiger partial charge in [-0.1, -0.05) is 12.1 Å². The van der Waals surface area contributed by atoms with Gasteiger partial charge in [-0.25, -0.2) is 0 Å². The Morgan fingerprint density at radius 1 is 1.00 bits per heavy atom. The zero-order valence-corrected chi connectivity index (χ0v) is 18.8. The molecule has 0 N–H and O–H groups in total. The lowest BCUT2D eigenvalue weighted by Crippen LogP contribution is -2.48. The Hall–Kier alpha value is -2.40. The first-order valence-corrected chi connectivity index (χ1v) is 11.6. The molecule has 1 aromatic carbocycles. The summed E-state index contributed by atoms with van der Waals surface area (Å²) in [5.41, 5.74) is 3.90. The van der Waals surface area contributed by atoms with Crippen LogP contribution in [0.3, 0.4) is 0 Å². The van der Waals surface area contributed by atoms with E-state index in [1.807, 2.05) is 17.0 Å². The second-order valence-corrected chi connectivity index (χ2v) is 10.2. The number of rotatable bonds is 3. The minimum Gasteiger partial charge on any atom is -0.487 e. The normalized spacial score (nSPS) is 22.2. The molecule has 0 aliphatic carbocycles. The molecule has 0 atom stereocenters. The summed E-state index contributed by atoms with van der Waals surface area (Å²) in [7, 11) is 0. The van der Waals surface area contributed by atoms with E-state index in [2.05, 4.69) is 41.9 Å². The van der Waals surface area contributed by atoms with E-state index < -0.39 is 0 Å². The molecule has 2 saturated heterocycles. The van der Waals surface area contributed by atoms with E-state index in [-0.39, 0.29) is 11.5 Å². The fourth-order valence-electron chi connectivity index (χ4n) is 5.60. The van der Waals surface area contributed by atoms with E-state index >= 15 is 0 Å². The van der Waals surface area contributed by atoms with Gasteiger partial charge in [0.25, 0.3) is 5.91 Å². The van der Waals surface area contributed by atoms with Crippen molar-refractivity contribution in [3.63, 3.8) is 0 Å². The highest BCUT2D eigenvalue weighted by molar-refractivity contribution is 5.94. The number of likely N-dealkylation sites (tertiary alicyclic amines) is 2. The molecule has 0 unspecified atom stereocenters. The predicted molar refractivity (Wildman–Crippen MR) is 121 cm³/mol. The fraction of sp³-hybridized carbons (Fsp3) is 0.538. The van der Waals surface area contributed by atoms with Crippen molar-refractivity contribution in [3.05, 3.63) is 59.4 Å². The number of ether oxygens (including phenoxy) is 1. The first-order valence-electron chi connectivity index (χ1n) is 11.6. The summed E-state index contributed by atoms with van der Waals surface area (Å²) in [4.78, 5) is 21.4. The molecule has 5 heteroatoms. The number of hydrogen-bond acceptors (Lipinski definition) is 4. The lowest BCUT2D eigenvalue weighted by Gasteiger charge is -2.47. The number of carbonyl (C=O) groups excluding carboxylic acids is 1. The Kier molecular flexibility index (Phi) is 5.25. The van der Waals surface area contributed by atoms with Crippen molar-refractivity contribution in [3.8, 4) is 5.75 Å². The Morgan fingerprint density at radius 2 is 1.68 bits per heavy atom. The highest BCUT2D eigenvalue weighted by Gasteiger charge is 2.39. The summed E-state index contributed by atoms with van der Waals surface area (Å²) < 4.78 is 6.12. The molecule has 2 fully saturated rings. The SMILES string of the molecule is CC1(C)Cc2c(CN3CCC4(CC3)CCN(C(=O)c3ccncc3)CC4)cccc2O1. The number of fused-ring (bicyclic) bond motifs is 1. The molecule has 1 amide bonds. The maximum Gasteiger partial charge on any atom is 0.253 e. The number of amides is 1. The van der Waals surface area contributed by atoms with E-state index in [0.29, 0.717) is 5.41 Å². The van der Waals surface area contributed by atoms with Crippen LogP contribution < -0.4 is 4.74 Å². The van der Waals surface area contributed by atoms with Crippen molar-refractivity contribution < 1.29 is 9.53 Å². The van der Waals surface area contributed by atoms with E-state index in [4.69, 9.17) is 4.74 Å². The number of hydrogen-bond donors (Lipinski definition) is 0. The number of benzene rings is 1. The summed E-state index contributed by atoms with van der Waals surface area (Å²) in [6.07, 6.45) is 9.12. The molecule has 3 aliphatic heterocycles. The second kappa shape index (κ2) is 7.94. The average Bonchev–Trinajstić information content (AvgIpc) is 3.11. The van der Waals surface area contributed by atoms with Gasteiger partial charge in [-0.05, 0) is 81.8 Å². The van der Waals surface area contributed by atoms with Gasteiger partial charge in [0.1, 0.15) is 11.4 Å². The zero-order valence-electron chi connectivity index (χ0n) is 18.8. The topological polar surface area (TPSA) is 45.7 Å². The van der Waals surface area contributed by atoms with E-state index in [1.165, 1.54) is 24.0 Å². The number of piperidine rings is 2. The van der Waals surface area contributed by atoms with Crippen LogP contribution in [-0.4, -0.2) is 52.5 Å². The molecule has 1 spiro atoms. The van der Waals surface area contributed by atoms with Crippen LogP contribution in [0.4, 0.5) is 0 Å². The maximum absolute atomic E-state index is 12.7. The Balaban J connectivity index is 1.16. The summed E-state index contributed by atoms with van der Waals surface area (Å²) >= 11 is 0. The van der Waals surface area contributed by atoms with Gasteiger partial charge in [-0.15, -0.1) is 0 Å². The van der Waals surface area contributed by atoms with Crippen LogP contribution in [-0.2, 0) is 13.0 Å². The molecule has 2 aromatic rings. The standard InChI is InChI=1S/C26H33N3O2/c1-25(2)18-22-21(4-3-5-23(22)31-25)19-28-14-8-26(9-15-28)10-16-29(17-11-26)24(30)20-6-12-27-13-7-20/h3-7,12-13H,8-11,14-19H2,1-2H3. The lowest BCUT2D eigenvalue weighted by molar-refractivity contribution is 0.0284. The van der Waals surface area contributed by atoms with Gasteiger partial charge in [0.05, 0.1) is 0 Å². The van der Waals surface area contributed by atoms with Gasteiger partial charge in [-0.3, -0.25) is 14.7 Å². The van der Waals surface area contributed by atoms with Crippen LogP contribution in [0.25, 0.3) is 0 Å². The van der Waals surface area contributed by atoms with Crippen molar-refractivity contribution in [2.75, 3.05) is 26.2 Å². The first kappa shape index (κ1) is 20.5. The van der Waals surface area contributed by atoms with Crippen LogP contribution in [0, 0.1) is 5.41 Å². The predicted octanol–water partition coefficient (Wildman–Crippen LogP) is 4.31. The third-order valence-electron chi connectivity index (χ3n) is 7.57. The first-order chi connectivity index (χ1) is 14.9. The molecule has 31 heavy (non-hydrogen) atoms. The van der Waals surface area contributed by atoms with Crippen molar-refractivity contribution in [2.45, 2.75) is 58.1 Å². The van der Waals surface area contributed by atoms with Gasteiger partial charge in [0.15, 0.2) is 0 Å². The van der Waals surface area contributed by atoms with E-state index in [1.54, 1.807) is 12.4 Å². The van der Waals surface area contributed by atoms with Gasteiger partial charge >= 0.3 is 0 Å². The third-order valence-corrected chi connectivity index (χ3v) is 7.57. The molecule has 3 aliphatic rings. The molecular weight excluding hydrogens is 386 g/mol. The molecule has 4 heterocycles. The van der Waals surface area contributed by atoms with Crippen LogP contribution >= 0.6 is 0 Å². The Morgan fingerprint density at radius 3 is 2.39 bits per heavy atom. The third kappa shape index (κ3) is 4.20. The molecule has 164 valence electrons. The summed E-state index contributed by atoms with van der Waals surface area (Å²) in [5, 5.41) is 0. The van der Waals surface area contributed by atoms with Crippen molar-refractivity contribution >= 4 is 5.91 Å². The van der Waals surface area contributed by atoms with Crippen molar-refractivity contribution in [1.29, 1.82) is 0 Å². The monoisotopic (exact) mass is 419 g/mol.